The van der Waals surface area contributed by atoms with Crippen LogP contribution >= 0.6 is 0 Å². The van der Waals surface area contributed by atoms with Gasteiger partial charge in [0, 0.05) is 12.6 Å². The molecule has 0 heterocycles. The smallest absolute Gasteiger partial charge is 0.307 e. The number of amides is 1. The summed E-state index contributed by atoms with van der Waals surface area (Å²) in [5, 5.41) is 9.14. The van der Waals surface area contributed by atoms with Gasteiger partial charge in [0.2, 0.25) is 5.91 Å². The van der Waals surface area contributed by atoms with Crippen molar-refractivity contribution in [3.8, 4) is 0 Å². The van der Waals surface area contributed by atoms with Gasteiger partial charge in [0.25, 0.3) is 0 Å². The van der Waals surface area contributed by atoms with Crippen LogP contribution in [0.1, 0.15) is 57.8 Å². The minimum atomic E-state index is -0.789. The molecule has 1 N–H and O–H groups in total. The van der Waals surface area contributed by atoms with Gasteiger partial charge >= 0.3 is 5.97 Å². The Kier molecular flexibility index (Phi) is 3.99. The first-order valence-electron chi connectivity index (χ1n) is 8.20. The van der Waals surface area contributed by atoms with Crippen molar-refractivity contribution >= 4 is 11.9 Å². The quantitative estimate of drug-likeness (QED) is 0.841. The van der Waals surface area contributed by atoms with Gasteiger partial charge in [-0.2, -0.15) is 0 Å². The number of carboxylic acid groups (broad SMARTS) is 1. The van der Waals surface area contributed by atoms with E-state index in [-0.39, 0.29) is 11.8 Å². The molecule has 0 bridgehead atoms. The molecule has 4 nitrogen and oxygen atoms in total. The molecule has 3 fully saturated rings. The van der Waals surface area contributed by atoms with Gasteiger partial charge in [0.1, 0.15) is 0 Å². The topological polar surface area (TPSA) is 57.6 Å². The van der Waals surface area contributed by atoms with E-state index in [2.05, 4.69) is 4.90 Å². The summed E-state index contributed by atoms with van der Waals surface area (Å²) in [7, 11) is 0. The van der Waals surface area contributed by atoms with Crippen molar-refractivity contribution < 1.29 is 14.7 Å². The maximum absolute atomic E-state index is 12.7. The molecule has 0 radical (unpaired) electrons. The van der Waals surface area contributed by atoms with E-state index >= 15 is 0 Å². The molecule has 3 saturated carbocycles. The molecule has 1 amide bonds. The minimum Gasteiger partial charge on any atom is -0.481 e. The predicted molar refractivity (Wildman–Crippen MR) is 75.2 cm³/mol. The number of hydrogen-bond acceptors (Lipinski definition) is 2. The van der Waals surface area contributed by atoms with Gasteiger partial charge < -0.3 is 10.0 Å². The number of nitrogens with zero attached hydrogens (tertiary/aromatic N) is 1. The van der Waals surface area contributed by atoms with Gasteiger partial charge in [0.15, 0.2) is 0 Å². The first kappa shape index (κ1) is 13.9. The number of carbonyl (C=O) groups is 2. The second-order valence-corrected chi connectivity index (χ2v) is 6.85. The Balaban J connectivity index is 1.61. The van der Waals surface area contributed by atoms with Crippen molar-refractivity contribution in [2.75, 3.05) is 6.54 Å². The Bertz CT molecular complexity index is 385. The molecule has 0 aromatic heterocycles. The van der Waals surface area contributed by atoms with Gasteiger partial charge in [-0.15, -0.1) is 0 Å². The zero-order valence-electron chi connectivity index (χ0n) is 12.1. The van der Waals surface area contributed by atoms with Crippen LogP contribution < -0.4 is 0 Å². The Labute approximate surface area is 120 Å². The zero-order valence-corrected chi connectivity index (χ0v) is 12.1. The van der Waals surface area contributed by atoms with E-state index in [4.69, 9.17) is 5.11 Å². The Morgan fingerprint density at radius 3 is 2.05 bits per heavy atom. The van der Waals surface area contributed by atoms with Crippen LogP contribution in [0.3, 0.4) is 0 Å². The molecule has 3 rings (SSSR count). The molecule has 3 aliphatic rings. The lowest BCUT2D eigenvalue weighted by Gasteiger charge is -2.38. The summed E-state index contributed by atoms with van der Waals surface area (Å²) in [6.07, 6.45) is 10.1. The molecule has 0 saturated heterocycles. The normalized spacial score (nSPS) is 30.6. The lowest BCUT2D eigenvalue weighted by atomic mass is 9.72. The number of carbonyl (C=O) groups excluding carboxylic acids is 1. The van der Waals surface area contributed by atoms with Crippen LogP contribution in [0.5, 0.6) is 0 Å². The molecular weight excluding hydrogens is 254 g/mol. The van der Waals surface area contributed by atoms with Crippen LogP contribution in [0, 0.1) is 17.8 Å². The molecule has 3 aliphatic carbocycles. The highest BCUT2D eigenvalue weighted by Gasteiger charge is 2.46. The van der Waals surface area contributed by atoms with Crippen molar-refractivity contribution in [2.24, 2.45) is 17.8 Å². The highest BCUT2D eigenvalue weighted by Crippen LogP contribution is 2.39. The molecule has 0 spiro atoms. The fourth-order valence-corrected chi connectivity index (χ4v) is 3.76. The van der Waals surface area contributed by atoms with Crippen molar-refractivity contribution in [1.29, 1.82) is 0 Å². The van der Waals surface area contributed by atoms with Crippen molar-refractivity contribution in [3.05, 3.63) is 0 Å². The highest BCUT2D eigenvalue weighted by molar-refractivity contribution is 5.86. The Hall–Kier alpha value is -1.06. The van der Waals surface area contributed by atoms with E-state index in [1.807, 2.05) is 0 Å². The van der Waals surface area contributed by atoms with E-state index in [1.165, 1.54) is 32.1 Å². The van der Waals surface area contributed by atoms with Crippen LogP contribution in [0.4, 0.5) is 0 Å². The minimum absolute atomic E-state index is 0.136. The summed E-state index contributed by atoms with van der Waals surface area (Å²) in [5.41, 5.74) is 0. The van der Waals surface area contributed by atoms with Crippen LogP contribution in [0.25, 0.3) is 0 Å². The van der Waals surface area contributed by atoms with Gasteiger partial charge in [0.05, 0.1) is 11.8 Å². The standard InChI is InChI=1S/C16H25NO3/c18-15(13-8-9-14(13)16(19)20)17(12-6-7-12)10-11-4-2-1-3-5-11/h11-14H,1-10H2,(H,19,20). The Morgan fingerprint density at radius 1 is 0.900 bits per heavy atom. The molecule has 0 aliphatic heterocycles. The third kappa shape index (κ3) is 2.84. The maximum atomic E-state index is 12.7. The fourth-order valence-electron chi connectivity index (χ4n) is 3.76. The predicted octanol–water partition coefficient (Wildman–Crippen LogP) is 2.67. The average molecular weight is 279 g/mol. The fraction of sp³-hybridized carbons (Fsp3) is 0.875. The van der Waals surface area contributed by atoms with Crippen LogP contribution in [0.2, 0.25) is 0 Å². The van der Waals surface area contributed by atoms with Crippen LogP contribution in [0.15, 0.2) is 0 Å². The second-order valence-electron chi connectivity index (χ2n) is 6.85. The molecule has 4 heteroatoms. The average Bonchev–Trinajstić information content (AvgIpc) is 3.19. The van der Waals surface area contributed by atoms with E-state index in [9.17, 15) is 9.59 Å². The summed E-state index contributed by atoms with van der Waals surface area (Å²) in [5.74, 6) is -0.664. The van der Waals surface area contributed by atoms with E-state index < -0.39 is 11.9 Å². The first-order chi connectivity index (χ1) is 9.66. The SMILES string of the molecule is O=C(O)C1CCC1C(=O)N(CC1CCCCC1)C1CC1. The third-order valence-electron chi connectivity index (χ3n) is 5.36. The summed E-state index contributed by atoms with van der Waals surface area (Å²) in [4.78, 5) is 25.8. The molecular formula is C16H25NO3. The second kappa shape index (κ2) is 5.74. The molecule has 2 unspecified atom stereocenters. The summed E-state index contributed by atoms with van der Waals surface area (Å²) in [6.45, 7) is 0.881. The third-order valence-corrected chi connectivity index (χ3v) is 5.36. The Morgan fingerprint density at radius 2 is 1.55 bits per heavy atom. The largest absolute Gasteiger partial charge is 0.481 e. The van der Waals surface area contributed by atoms with Crippen LogP contribution in [-0.2, 0) is 9.59 Å². The molecule has 0 aromatic rings. The molecule has 20 heavy (non-hydrogen) atoms. The van der Waals surface area contributed by atoms with Gasteiger partial charge in [-0.3, -0.25) is 9.59 Å². The number of rotatable bonds is 5. The summed E-state index contributed by atoms with van der Waals surface area (Å²) in [6, 6.07) is 0.416. The van der Waals surface area contributed by atoms with Gasteiger partial charge in [-0.25, -0.2) is 0 Å². The maximum Gasteiger partial charge on any atom is 0.307 e. The van der Waals surface area contributed by atoms with Gasteiger partial charge in [-0.05, 0) is 44.4 Å². The summed E-state index contributed by atoms with van der Waals surface area (Å²) < 4.78 is 0. The van der Waals surface area contributed by atoms with Crippen LogP contribution in [-0.4, -0.2) is 34.5 Å². The lowest BCUT2D eigenvalue weighted by molar-refractivity contribution is -0.157. The number of aliphatic carboxylic acids is 1. The molecule has 2 atom stereocenters. The monoisotopic (exact) mass is 279 g/mol. The van der Waals surface area contributed by atoms with Gasteiger partial charge in [-0.1, -0.05) is 19.3 Å². The van der Waals surface area contributed by atoms with E-state index in [1.54, 1.807) is 0 Å². The highest BCUT2D eigenvalue weighted by atomic mass is 16.4. The molecule has 0 aromatic carbocycles. The number of carboxylic acids is 1. The summed E-state index contributed by atoms with van der Waals surface area (Å²) >= 11 is 0. The van der Waals surface area contributed by atoms with E-state index in [0.29, 0.717) is 18.4 Å². The number of hydrogen-bond donors (Lipinski definition) is 1. The lowest BCUT2D eigenvalue weighted by Crippen LogP contribution is -2.48. The molecule has 112 valence electrons. The van der Waals surface area contributed by atoms with E-state index in [0.717, 1.165) is 25.8 Å². The van der Waals surface area contributed by atoms with Crippen molar-refractivity contribution in [1.82, 2.24) is 4.90 Å². The van der Waals surface area contributed by atoms with Crippen molar-refractivity contribution in [3.63, 3.8) is 0 Å². The zero-order chi connectivity index (χ0) is 14.1. The first-order valence-corrected chi connectivity index (χ1v) is 8.20. The van der Waals surface area contributed by atoms with Crippen molar-refractivity contribution in [2.45, 2.75) is 63.8 Å².